The van der Waals surface area contributed by atoms with Crippen LogP contribution < -0.4 is 16.0 Å². The number of fused-ring (bicyclic) bond motifs is 1. The second-order valence-electron chi connectivity index (χ2n) is 4.44. The monoisotopic (exact) mass is 231 g/mol. The summed E-state index contributed by atoms with van der Waals surface area (Å²) in [5.41, 5.74) is 0.803. The first-order valence-electron chi connectivity index (χ1n) is 5.75. The van der Waals surface area contributed by atoms with Gasteiger partial charge in [-0.25, -0.2) is 0 Å². The molecule has 17 heavy (non-hydrogen) atoms. The van der Waals surface area contributed by atoms with Gasteiger partial charge in [0.1, 0.15) is 11.9 Å². The van der Waals surface area contributed by atoms with Crippen LogP contribution >= 0.6 is 0 Å². The minimum Gasteiger partial charge on any atom is -0.491 e. The van der Waals surface area contributed by atoms with Crippen molar-refractivity contribution in [3.8, 4) is 0 Å². The van der Waals surface area contributed by atoms with Gasteiger partial charge in [0.2, 0.25) is 0 Å². The topological polar surface area (TPSA) is 31.2 Å². The van der Waals surface area contributed by atoms with E-state index in [1.807, 2.05) is 27.0 Å². The van der Waals surface area contributed by atoms with E-state index in [4.69, 9.17) is 4.74 Å². The van der Waals surface area contributed by atoms with Crippen LogP contribution in [0.25, 0.3) is 11.8 Å². The molecule has 0 N–H and O–H groups in total. The predicted octanol–water partition coefficient (Wildman–Crippen LogP) is 0.670. The third-order valence-corrected chi connectivity index (χ3v) is 2.94. The number of hydrogen-bond donors (Lipinski definition) is 0. The van der Waals surface area contributed by atoms with E-state index in [1.165, 1.54) is 0 Å². The fourth-order valence-corrected chi connectivity index (χ4v) is 2.31. The third-order valence-electron chi connectivity index (χ3n) is 2.94. The van der Waals surface area contributed by atoms with Crippen LogP contribution in [-0.2, 0) is 11.3 Å². The van der Waals surface area contributed by atoms with Crippen LogP contribution in [0.5, 0.6) is 0 Å². The van der Waals surface area contributed by atoms with Crippen LogP contribution in [0, 0.1) is 6.92 Å². The Kier molecular flexibility index (Phi) is 2.92. The largest absolute Gasteiger partial charge is 0.491 e. The van der Waals surface area contributed by atoms with Gasteiger partial charge in [-0.1, -0.05) is 12.7 Å². The number of hydrogen-bond acceptors (Lipinski definition) is 2. The number of ether oxygens (including phenoxy) is 1. The number of aromatic nitrogens is 1. The van der Waals surface area contributed by atoms with Crippen LogP contribution in [0.4, 0.5) is 0 Å². The van der Waals surface area contributed by atoms with E-state index in [9.17, 15) is 4.79 Å². The molecule has 1 unspecified atom stereocenters. The highest BCUT2D eigenvalue weighted by Gasteiger charge is 2.15. The number of rotatable bonds is 1. The average molecular weight is 231 g/mol. The molecule has 1 aromatic heterocycles. The van der Waals surface area contributed by atoms with Crippen molar-refractivity contribution in [2.75, 3.05) is 0 Å². The Morgan fingerprint density at radius 2 is 2.24 bits per heavy atom. The highest BCUT2D eigenvalue weighted by Crippen LogP contribution is 2.06. The zero-order chi connectivity index (χ0) is 12.6. The predicted molar refractivity (Wildman–Crippen MR) is 69.0 cm³/mol. The van der Waals surface area contributed by atoms with Crippen LogP contribution in [-0.4, -0.2) is 10.7 Å². The lowest BCUT2D eigenvalue weighted by molar-refractivity contribution is 0.142. The second-order valence-corrected chi connectivity index (χ2v) is 4.44. The molecule has 1 aliphatic heterocycles. The Balaban J connectivity index is 2.98. The van der Waals surface area contributed by atoms with E-state index < -0.39 is 0 Å². The Morgan fingerprint density at radius 3 is 2.88 bits per heavy atom. The van der Waals surface area contributed by atoms with Crippen molar-refractivity contribution in [3.63, 3.8) is 0 Å². The van der Waals surface area contributed by atoms with E-state index in [0.717, 1.165) is 23.2 Å². The first-order chi connectivity index (χ1) is 8.04. The molecule has 0 spiro atoms. The summed E-state index contributed by atoms with van der Waals surface area (Å²) < 4.78 is 7.79. The number of pyridine rings is 1. The molecule has 0 saturated carbocycles. The normalized spacial score (nSPS) is 19.8. The Bertz CT molecular complexity index is 637. The summed E-state index contributed by atoms with van der Waals surface area (Å²) in [6.07, 6.45) is 5.44. The molecule has 0 saturated heterocycles. The first-order valence-corrected chi connectivity index (χ1v) is 5.75. The van der Waals surface area contributed by atoms with E-state index in [0.29, 0.717) is 5.22 Å². The Labute approximate surface area is 100 Å². The molecule has 0 radical (unpaired) electrons. The molecule has 3 nitrogen and oxygen atoms in total. The van der Waals surface area contributed by atoms with Gasteiger partial charge in [-0.3, -0.25) is 4.79 Å². The molecule has 0 amide bonds. The molecule has 90 valence electrons. The van der Waals surface area contributed by atoms with Crippen molar-refractivity contribution in [2.24, 2.45) is 0 Å². The van der Waals surface area contributed by atoms with E-state index in [1.54, 1.807) is 12.2 Å². The maximum absolute atomic E-state index is 12.1. The van der Waals surface area contributed by atoms with Crippen molar-refractivity contribution in [1.29, 1.82) is 0 Å². The summed E-state index contributed by atoms with van der Waals surface area (Å²) in [5.74, 6) is 0.800. The van der Waals surface area contributed by atoms with Crippen LogP contribution in [0.2, 0.25) is 0 Å². The molecular weight excluding hydrogens is 214 g/mol. The standard InChI is InChI=1S/C14H17NO2/c1-5-6-12-13-11(4)17-10(3)8-15(13)7-9(2)14(12)16/h5-7,10H,1,8H2,2-4H3/b12-6+. The van der Waals surface area contributed by atoms with Gasteiger partial charge in [-0.15, -0.1) is 0 Å². The lowest BCUT2D eigenvalue weighted by Crippen LogP contribution is -2.50. The summed E-state index contributed by atoms with van der Waals surface area (Å²) >= 11 is 0. The number of nitrogens with zero attached hydrogens (tertiary/aromatic N) is 1. The van der Waals surface area contributed by atoms with Gasteiger partial charge in [-0.05, 0) is 26.8 Å². The number of allylic oxidation sites excluding steroid dienone is 1. The summed E-state index contributed by atoms with van der Waals surface area (Å²) in [6.45, 7) is 10.2. The van der Waals surface area contributed by atoms with Crippen molar-refractivity contribution in [3.05, 3.63) is 45.2 Å². The smallest absolute Gasteiger partial charge is 0.192 e. The van der Waals surface area contributed by atoms with Crippen molar-refractivity contribution in [2.45, 2.75) is 33.4 Å². The molecule has 2 rings (SSSR count). The Morgan fingerprint density at radius 1 is 1.53 bits per heavy atom. The van der Waals surface area contributed by atoms with Gasteiger partial charge in [0.05, 0.1) is 11.9 Å². The minimum atomic E-state index is 0.0497. The summed E-state index contributed by atoms with van der Waals surface area (Å²) in [4.78, 5) is 12.1. The van der Waals surface area contributed by atoms with Crippen LogP contribution in [0.1, 0.15) is 19.4 Å². The number of aryl methyl sites for hydroxylation is 1. The van der Waals surface area contributed by atoms with E-state index >= 15 is 0 Å². The third kappa shape index (κ3) is 1.93. The van der Waals surface area contributed by atoms with Crippen molar-refractivity contribution >= 4 is 11.8 Å². The fraction of sp³-hybridized carbons (Fsp3) is 0.357. The molecule has 0 aliphatic carbocycles. The van der Waals surface area contributed by atoms with Gasteiger partial charge in [-0.2, -0.15) is 0 Å². The highest BCUT2D eigenvalue weighted by molar-refractivity contribution is 5.41. The van der Waals surface area contributed by atoms with Gasteiger partial charge in [0, 0.05) is 17.0 Å². The van der Waals surface area contributed by atoms with Crippen molar-refractivity contribution in [1.82, 2.24) is 4.57 Å². The minimum absolute atomic E-state index is 0.0497. The first kappa shape index (κ1) is 11.7. The molecule has 0 fully saturated rings. The van der Waals surface area contributed by atoms with Crippen LogP contribution in [0.3, 0.4) is 0 Å². The maximum atomic E-state index is 12.1. The van der Waals surface area contributed by atoms with Crippen LogP contribution in [0.15, 0.2) is 23.6 Å². The zero-order valence-corrected chi connectivity index (χ0v) is 10.5. The zero-order valence-electron chi connectivity index (χ0n) is 10.5. The fourth-order valence-electron chi connectivity index (χ4n) is 2.31. The summed E-state index contributed by atoms with van der Waals surface area (Å²) in [7, 11) is 0. The SMILES string of the molecule is C=C/C=c1/c(=O)c(C)cn2c1=C(C)OC(C)C2. The second kappa shape index (κ2) is 4.24. The van der Waals surface area contributed by atoms with Gasteiger partial charge in [0.25, 0.3) is 0 Å². The average Bonchev–Trinajstić information content (AvgIpc) is 2.24. The van der Waals surface area contributed by atoms with E-state index in [-0.39, 0.29) is 11.5 Å². The summed E-state index contributed by atoms with van der Waals surface area (Å²) in [5, 5.41) is 1.54. The lowest BCUT2D eigenvalue weighted by Gasteiger charge is -2.24. The molecular formula is C14H17NO2. The Hall–Kier alpha value is -1.77. The molecule has 1 aliphatic rings. The summed E-state index contributed by atoms with van der Waals surface area (Å²) in [6, 6.07) is 0. The quantitative estimate of drug-likeness (QED) is 0.711. The molecule has 0 aromatic carbocycles. The molecule has 2 heterocycles. The van der Waals surface area contributed by atoms with Gasteiger partial charge >= 0.3 is 0 Å². The van der Waals surface area contributed by atoms with Gasteiger partial charge < -0.3 is 9.30 Å². The molecule has 1 atom stereocenters. The van der Waals surface area contributed by atoms with Gasteiger partial charge in [0.15, 0.2) is 5.43 Å². The molecule has 1 aromatic rings. The maximum Gasteiger partial charge on any atom is 0.192 e. The lowest BCUT2D eigenvalue weighted by atomic mass is 10.2. The molecule has 3 heteroatoms. The highest BCUT2D eigenvalue weighted by atomic mass is 16.5. The van der Waals surface area contributed by atoms with E-state index in [2.05, 4.69) is 11.1 Å². The molecule has 0 bridgehead atoms. The van der Waals surface area contributed by atoms with Crippen molar-refractivity contribution < 1.29 is 4.74 Å².